The Bertz CT molecular complexity index is 315. The van der Waals surface area contributed by atoms with Gasteiger partial charge >= 0.3 is 5.97 Å². The summed E-state index contributed by atoms with van der Waals surface area (Å²) in [7, 11) is 1.43. The van der Waals surface area contributed by atoms with Crippen molar-refractivity contribution < 1.29 is 9.53 Å². The largest absolute Gasteiger partial charge is 0.468 e. The van der Waals surface area contributed by atoms with Gasteiger partial charge in [0.05, 0.1) is 7.11 Å². The van der Waals surface area contributed by atoms with Crippen LogP contribution in [0.5, 0.6) is 0 Å². The van der Waals surface area contributed by atoms with Crippen LogP contribution in [0.4, 0.5) is 0 Å². The van der Waals surface area contributed by atoms with Crippen molar-refractivity contribution in [2.45, 2.75) is 19.8 Å². The van der Waals surface area contributed by atoms with E-state index in [-0.39, 0.29) is 5.97 Å². The fraction of sp³-hybridized carbons (Fsp3) is 0.417. The summed E-state index contributed by atoms with van der Waals surface area (Å²) in [5.41, 5.74) is 0.593. The first-order chi connectivity index (χ1) is 7.14. The molecular weight excluding hydrogens is 303 g/mol. The third kappa shape index (κ3) is 2.93. The highest BCUT2D eigenvalue weighted by atomic mass is 127. The molecule has 0 atom stereocenters. The minimum Gasteiger partial charge on any atom is -0.468 e. The molecule has 82 valence electrons. The Kier molecular flexibility index (Phi) is 4.57. The molecule has 1 aliphatic carbocycles. The van der Waals surface area contributed by atoms with E-state index >= 15 is 0 Å². The van der Waals surface area contributed by atoms with Crippen LogP contribution in [0, 0.1) is 5.41 Å². The second kappa shape index (κ2) is 5.49. The Hall–Kier alpha value is -0.580. The van der Waals surface area contributed by atoms with Gasteiger partial charge < -0.3 is 4.74 Å². The molecule has 0 heterocycles. The summed E-state index contributed by atoms with van der Waals surface area (Å²) in [4.78, 5) is 11.8. The van der Waals surface area contributed by atoms with Gasteiger partial charge in [0, 0.05) is 0 Å². The predicted molar refractivity (Wildman–Crippen MR) is 69.7 cm³/mol. The molecule has 0 aliphatic heterocycles. The van der Waals surface area contributed by atoms with E-state index < -0.39 is 5.41 Å². The lowest BCUT2D eigenvalue weighted by molar-refractivity contribution is -0.147. The summed E-state index contributed by atoms with van der Waals surface area (Å²) >= 11 is 2.19. The second-order valence-electron chi connectivity index (χ2n) is 3.70. The number of rotatable bonds is 3. The highest BCUT2D eigenvalue weighted by Crippen LogP contribution is 2.34. The number of methoxy groups -OCH3 is 1. The Morgan fingerprint density at radius 3 is 2.60 bits per heavy atom. The molecule has 1 rings (SSSR count). The zero-order chi connectivity index (χ0) is 11.3. The van der Waals surface area contributed by atoms with E-state index in [1.54, 1.807) is 0 Å². The van der Waals surface area contributed by atoms with Crippen molar-refractivity contribution in [3.05, 3.63) is 34.0 Å². The van der Waals surface area contributed by atoms with Crippen molar-refractivity contribution in [2.24, 2.45) is 5.41 Å². The fourth-order valence-electron chi connectivity index (χ4n) is 1.71. The molecule has 0 fully saturated rings. The molecule has 0 aromatic rings. The number of allylic oxidation sites excluding steroid dienone is 3. The maximum atomic E-state index is 11.8. The Morgan fingerprint density at radius 1 is 1.53 bits per heavy atom. The van der Waals surface area contributed by atoms with Crippen LogP contribution in [-0.4, -0.2) is 13.1 Å². The van der Waals surface area contributed by atoms with Crippen molar-refractivity contribution in [1.82, 2.24) is 0 Å². The van der Waals surface area contributed by atoms with Crippen LogP contribution in [0.1, 0.15) is 19.8 Å². The zero-order valence-electron chi connectivity index (χ0n) is 9.00. The van der Waals surface area contributed by atoms with Crippen LogP contribution in [-0.2, 0) is 9.53 Å². The Morgan fingerprint density at radius 2 is 2.13 bits per heavy atom. The van der Waals surface area contributed by atoms with Gasteiger partial charge in [0.2, 0.25) is 0 Å². The Labute approximate surface area is 104 Å². The van der Waals surface area contributed by atoms with Crippen molar-refractivity contribution in [3.8, 4) is 0 Å². The lowest BCUT2D eigenvalue weighted by Gasteiger charge is -2.26. The van der Waals surface area contributed by atoms with E-state index in [0.717, 1.165) is 6.42 Å². The molecule has 1 aliphatic rings. The summed E-state index contributed by atoms with van der Waals surface area (Å²) in [5, 5.41) is 0. The molecule has 0 aromatic heterocycles. The van der Waals surface area contributed by atoms with Crippen LogP contribution < -0.4 is 0 Å². The molecule has 0 saturated carbocycles. The van der Waals surface area contributed by atoms with Gasteiger partial charge in [0.1, 0.15) is 5.41 Å². The molecular formula is C12H15IO2. The zero-order valence-corrected chi connectivity index (χ0v) is 11.2. The summed E-state index contributed by atoms with van der Waals surface area (Å²) in [6.07, 6.45) is 9.50. The molecule has 0 saturated heterocycles. The van der Waals surface area contributed by atoms with Crippen LogP contribution >= 0.6 is 22.6 Å². The number of hydrogen-bond acceptors (Lipinski definition) is 2. The number of esters is 1. The maximum absolute atomic E-state index is 11.8. The van der Waals surface area contributed by atoms with Crippen LogP contribution in [0.3, 0.4) is 0 Å². The normalized spacial score (nSPS) is 19.0. The number of hydrogen-bond donors (Lipinski definition) is 0. The van der Waals surface area contributed by atoms with Gasteiger partial charge in [-0.2, -0.15) is 0 Å². The van der Waals surface area contributed by atoms with Crippen molar-refractivity contribution >= 4 is 28.6 Å². The molecule has 0 radical (unpaired) electrons. The minimum atomic E-state index is -0.585. The van der Waals surface area contributed by atoms with Crippen LogP contribution in [0.2, 0.25) is 0 Å². The number of halogens is 1. The molecule has 2 nitrogen and oxygen atoms in total. The van der Waals surface area contributed by atoms with Gasteiger partial charge in [0.25, 0.3) is 0 Å². The summed E-state index contributed by atoms with van der Waals surface area (Å²) in [6.45, 7) is 2.02. The first kappa shape index (κ1) is 12.5. The standard InChI is InChI=1S/C12H15IO2/c1-10(9-13)8-12(11(14)15-2)6-4-3-5-7-12/h4-7,9H,3,8H2,1-2H3/b10-9-. The number of ether oxygens (including phenoxy) is 1. The average molecular weight is 318 g/mol. The van der Waals surface area contributed by atoms with E-state index in [4.69, 9.17) is 4.74 Å². The third-order valence-electron chi connectivity index (χ3n) is 2.43. The van der Waals surface area contributed by atoms with Gasteiger partial charge in [-0.3, -0.25) is 4.79 Å². The molecule has 3 heteroatoms. The lowest BCUT2D eigenvalue weighted by Crippen LogP contribution is -2.29. The molecule has 0 unspecified atom stereocenters. The topological polar surface area (TPSA) is 26.3 Å². The van der Waals surface area contributed by atoms with Gasteiger partial charge in [-0.15, -0.1) is 0 Å². The van der Waals surface area contributed by atoms with E-state index in [1.165, 1.54) is 12.7 Å². The molecule has 0 bridgehead atoms. The third-order valence-corrected chi connectivity index (χ3v) is 3.49. The van der Waals surface area contributed by atoms with Crippen LogP contribution in [0.15, 0.2) is 34.0 Å². The second-order valence-corrected chi connectivity index (χ2v) is 4.33. The highest BCUT2D eigenvalue weighted by molar-refractivity contribution is 14.1. The maximum Gasteiger partial charge on any atom is 0.319 e. The van der Waals surface area contributed by atoms with E-state index in [2.05, 4.69) is 22.6 Å². The summed E-state index contributed by atoms with van der Waals surface area (Å²) < 4.78 is 6.87. The van der Waals surface area contributed by atoms with Crippen molar-refractivity contribution in [1.29, 1.82) is 0 Å². The van der Waals surface area contributed by atoms with Gasteiger partial charge in [-0.1, -0.05) is 52.5 Å². The van der Waals surface area contributed by atoms with Crippen molar-refractivity contribution in [3.63, 3.8) is 0 Å². The summed E-state index contributed by atoms with van der Waals surface area (Å²) in [6, 6.07) is 0. The SMILES string of the molecule is COC(=O)C1(C/C(C)=C\I)C=CCC=C1. The molecule has 15 heavy (non-hydrogen) atoms. The Balaban J connectivity index is 2.96. The van der Waals surface area contributed by atoms with Gasteiger partial charge in [-0.05, 0) is 23.8 Å². The number of carbonyl (C=O) groups excluding carboxylic acids is 1. The monoisotopic (exact) mass is 318 g/mol. The highest BCUT2D eigenvalue weighted by Gasteiger charge is 2.35. The lowest BCUT2D eigenvalue weighted by atomic mass is 9.79. The number of carbonyl (C=O) groups is 1. The molecule has 0 aromatic carbocycles. The van der Waals surface area contributed by atoms with Gasteiger partial charge in [-0.25, -0.2) is 0 Å². The molecule has 0 spiro atoms. The first-order valence-electron chi connectivity index (χ1n) is 4.84. The predicted octanol–water partition coefficient (Wildman–Crippen LogP) is 3.39. The first-order valence-corrected chi connectivity index (χ1v) is 6.09. The smallest absolute Gasteiger partial charge is 0.319 e. The summed E-state index contributed by atoms with van der Waals surface area (Å²) in [5.74, 6) is -0.188. The van der Waals surface area contributed by atoms with Gasteiger partial charge in [0.15, 0.2) is 0 Å². The van der Waals surface area contributed by atoms with E-state index in [1.807, 2.05) is 35.3 Å². The fourth-order valence-corrected chi connectivity index (χ4v) is 1.93. The quantitative estimate of drug-likeness (QED) is 0.453. The average Bonchev–Trinajstić information content (AvgIpc) is 2.29. The van der Waals surface area contributed by atoms with E-state index in [9.17, 15) is 4.79 Å². The van der Waals surface area contributed by atoms with Crippen molar-refractivity contribution in [2.75, 3.05) is 7.11 Å². The molecule has 0 amide bonds. The molecule has 0 N–H and O–H groups in total. The van der Waals surface area contributed by atoms with Crippen LogP contribution in [0.25, 0.3) is 0 Å². The minimum absolute atomic E-state index is 0.188. The van der Waals surface area contributed by atoms with E-state index in [0.29, 0.717) is 6.42 Å².